The van der Waals surface area contributed by atoms with E-state index in [-0.39, 0.29) is 0 Å². The highest BCUT2D eigenvalue weighted by molar-refractivity contribution is 7.99. The van der Waals surface area contributed by atoms with Gasteiger partial charge in [0.15, 0.2) is 0 Å². The minimum Gasteiger partial charge on any atom is -0.150 e. The smallest absolute Gasteiger partial charge is 0.0947 e. The molecule has 4 nitrogen and oxygen atoms in total. The number of nitrogens with zero attached hydrogens (tertiary/aromatic N) is 4. The largest absolute Gasteiger partial charge is 0.150 e. The first kappa shape index (κ1) is 22.8. The van der Waals surface area contributed by atoms with Gasteiger partial charge in [-0.3, -0.25) is 0 Å². The minimum absolute atomic E-state index is 0.724. The number of rotatable bonds is 6. The fourth-order valence-electron chi connectivity index (χ4n) is 4.17. The normalized spacial score (nSPS) is 11.7. The molecule has 0 spiro atoms. The summed E-state index contributed by atoms with van der Waals surface area (Å²) in [5.41, 5.74) is 7.58. The van der Waals surface area contributed by atoms with Crippen LogP contribution in [0.3, 0.4) is 0 Å². The molecular weight excluding hydrogens is 472 g/mol. The van der Waals surface area contributed by atoms with Crippen molar-refractivity contribution in [3.8, 4) is 22.3 Å². The third-order valence-electron chi connectivity index (χ3n) is 5.96. The molecule has 0 N–H and O–H groups in total. The maximum absolute atomic E-state index is 4.63. The third-order valence-corrected chi connectivity index (χ3v) is 7.03. The Labute approximate surface area is 220 Å². The molecule has 0 aliphatic heterocycles. The zero-order valence-electron chi connectivity index (χ0n) is 19.9. The van der Waals surface area contributed by atoms with Crippen LogP contribution in [0.5, 0.6) is 0 Å². The Hall–Kier alpha value is -4.61. The van der Waals surface area contributed by atoms with Gasteiger partial charge in [-0.2, -0.15) is 10.2 Å². The molecule has 0 fully saturated rings. The lowest BCUT2D eigenvalue weighted by Crippen LogP contribution is -1.72. The van der Waals surface area contributed by atoms with Crippen molar-refractivity contribution in [3.05, 3.63) is 133 Å². The van der Waals surface area contributed by atoms with Gasteiger partial charge in [0, 0.05) is 20.9 Å². The molecule has 6 rings (SSSR count). The topological polar surface area (TPSA) is 49.4 Å². The molecule has 2 aromatic carbocycles. The molecule has 0 saturated heterocycles. The molecule has 0 unspecified atom stereocenters. The van der Waals surface area contributed by atoms with Crippen LogP contribution < -0.4 is 0 Å². The van der Waals surface area contributed by atoms with Crippen molar-refractivity contribution in [2.45, 2.75) is 9.79 Å². The Morgan fingerprint density at radius 1 is 0.405 bits per heavy atom. The Morgan fingerprint density at radius 2 is 1.03 bits per heavy atom. The van der Waals surface area contributed by atoms with Gasteiger partial charge >= 0.3 is 0 Å². The lowest BCUT2D eigenvalue weighted by atomic mass is 10.2. The van der Waals surface area contributed by atoms with Gasteiger partial charge in [-0.25, -0.2) is 0 Å². The fraction of sp³-hybridized carbons (Fsp3) is 0. The van der Waals surface area contributed by atoms with Crippen LogP contribution in [0, 0.1) is 0 Å². The van der Waals surface area contributed by atoms with Gasteiger partial charge in [-0.15, -0.1) is 10.2 Å². The van der Waals surface area contributed by atoms with Crippen molar-refractivity contribution < 1.29 is 0 Å². The van der Waals surface area contributed by atoms with E-state index in [0.717, 1.165) is 49.9 Å². The second-order valence-electron chi connectivity index (χ2n) is 8.47. The van der Waals surface area contributed by atoms with Crippen molar-refractivity contribution in [1.29, 1.82) is 0 Å². The van der Waals surface area contributed by atoms with Crippen LogP contribution in [-0.4, -0.2) is 0 Å². The van der Waals surface area contributed by atoms with Crippen molar-refractivity contribution >= 4 is 34.5 Å². The van der Waals surface area contributed by atoms with Crippen LogP contribution in [-0.2, 0) is 0 Å². The second kappa shape index (κ2) is 10.6. The van der Waals surface area contributed by atoms with Crippen LogP contribution in [0.2, 0.25) is 0 Å². The predicted octanol–water partition coefficient (Wildman–Crippen LogP) is 10.9. The highest BCUT2D eigenvalue weighted by Gasteiger charge is 2.15. The van der Waals surface area contributed by atoms with E-state index in [1.807, 2.05) is 66.7 Å². The standard InChI is InChI=1S/C32H22N4S/c1-4-11-23-19-20-30(27(23)16-7-1)35-33-24-12-10-13-25(21-24)34-36-31-22-32(37-26-14-5-2-6-15-26)29-18-9-3-8-17-28(29)31/h1-22H. The van der Waals surface area contributed by atoms with Crippen molar-refractivity contribution in [2.75, 3.05) is 0 Å². The molecule has 0 radical (unpaired) electrons. The maximum Gasteiger partial charge on any atom is 0.0947 e. The summed E-state index contributed by atoms with van der Waals surface area (Å²) in [5, 5.41) is 18.1. The molecule has 0 saturated carbocycles. The summed E-state index contributed by atoms with van der Waals surface area (Å²) in [6, 6.07) is 44.7. The van der Waals surface area contributed by atoms with E-state index in [9.17, 15) is 0 Å². The lowest BCUT2D eigenvalue weighted by molar-refractivity contribution is 1.21. The van der Waals surface area contributed by atoms with Crippen LogP contribution in [0.4, 0.5) is 22.7 Å². The second-order valence-corrected chi connectivity index (χ2v) is 9.58. The summed E-state index contributed by atoms with van der Waals surface area (Å²) in [4.78, 5) is 2.35. The van der Waals surface area contributed by atoms with E-state index in [1.54, 1.807) is 11.8 Å². The molecule has 5 heteroatoms. The van der Waals surface area contributed by atoms with Gasteiger partial charge in [0.05, 0.1) is 22.7 Å². The number of azo groups is 2. The Morgan fingerprint density at radius 3 is 1.78 bits per heavy atom. The van der Waals surface area contributed by atoms with Crippen molar-refractivity contribution in [3.63, 3.8) is 0 Å². The summed E-state index contributed by atoms with van der Waals surface area (Å²) in [5.74, 6) is 0. The number of hydrogen-bond acceptors (Lipinski definition) is 5. The molecule has 0 atom stereocenters. The van der Waals surface area contributed by atoms with Gasteiger partial charge in [0.1, 0.15) is 0 Å². The predicted molar refractivity (Wildman–Crippen MR) is 151 cm³/mol. The van der Waals surface area contributed by atoms with Crippen LogP contribution >= 0.6 is 11.8 Å². The molecular formula is C32H22N4S. The van der Waals surface area contributed by atoms with E-state index < -0.39 is 0 Å². The number of benzene rings is 2. The van der Waals surface area contributed by atoms with Gasteiger partial charge < -0.3 is 0 Å². The highest BCUT2D eigenvalue weighted by atomic mass is 32.2. The average molecular weight is 495 g/mol. The van der Waals surface area contributed by atoms with Gasteiger partial charge in [0.25, 0.3) is 0 Å². The summed E-state index contributed by atoms with van der Waals surface area (Å²) in [6.07, 6.45) is 0. The first-order valence-corrected chi connectivity index (χ1v) is 12.8. The molecule has 37 heavy (non-hydrogen) atoms. The van der Waals surface area contributed by atoms with Crippen LogP contribution in [0.25, 0.3) is 22.3 Å². The Balaban J connectivity index is 1.27. The summed E-state index contributed by atoms with van der Waals surface area (Å²) < 4.78 is 0. The van der Waals surface area contributed by atoms with Crippen LogP contribution in [0.15, 0.2) is 164 Å². The van der Waals surface area contributed by atoms with Gasteiger partial charge in [-0.1, -0.05) is 103 Å². The zero-order chi connectivity index (χ0) is 24.9. The third kappa shape index (κ3) is 5.17. The maximum atomic E-state index is 4.63. The monoisotopic (exact) mass is 494 g/mol. The summed E-state index contributed by atoms with van der Waals surface area (Å²) in [7, 11) is 0. The van der Waals surface area contributed by atoms with E-state index in [2.05, 4.69) is 87.2 Å². The minimum atomic E-state index is 0.724. The summed E-state index contributed by atoms with van der Waals surface area (Å²) in [6.45, 7) is 0. The van der Waals surface area contributed by atoms with E-state index in [1.165, 1.54) is 4.90 Å². The number of hydrogen-bond donors (Lipinski definition) is 0. The first-order valence-electron chi connectivity index (χ1n) is 12.0. The first-order chi connectivity index (χ1) is 18.3. The van der Waals surface area contributed by atoms with Crippen LogP contribution in [0.1, 0.15) is 0 Å². The Bertz CT molecular complexity index is 1660. The SMILES string of the molecule is c1ccc(Sc2cc(N=Nc3cccc(N=Nc4ccc5cccccc4-5)c3)c3cccccc2-3)cc1. The highest BCUT2D eigenvalue weighted by Crippen LogP contribution is 2.45. The molecule has 0 bridgehead atoms. The molecule has 0 amide bonds. The van der Waals surface area contributed by atoms with E-state index in [0.29, 0.717) is 0 Å². The summed E-state index contributed by atoms with van der Waals surface area (Å²) >= 11 is 1.73. The van der Waals surface area contributed by atoms with Gasteiger partial charge in [-0.05, 0) is 53.6 Å². The quantitative estimate of drug-likeness (QED) is 0.212. The molecule has 2 aromatic rings. The lowest BCUT2D eigenvalue weighted by Gasteiger charge is -2.01. The van der Waals surface area contributed by atoms with Crippen molar-refractivity contribution in [1.82, 2.24) is 0 Å². The van der Waals surface area contributed by atoms with E-state index in [4.69, 9.17) is 0 Å². The molecule has 4 aliphatic rings. The zero-order valence-corrected chi connectivity index (χ0v) is 20.7. The average Bonchev–Trinajstić information content (AvgIpc) is 3.23. The molecule has 0 aromatic heterocycles. The van der Waals surface area contributed by atoms with Crippen molar-refractivity contribution in [2.24, 2.45) is 20.5 Å². The molecule has 0 heterocycles. The fourth-order valence-corrected chi connectivity index (χ4v) is 5.18. The molecule has 4 aliphatic carbocycles. The number of fused-ring (bicyclic) bond motifs is 2. The van der Waals surface area contributed by atoms with Gasteiger partial charge in [0.2, 0.25) is 0 Å². The van der Waals surface area contributed by atoms with E-state index >= 15 is 0 Å². The molecule has 176 valence electrons. The Kier molecular flexibility index (Phi) is 6.52.